The predicted molar refractivity (Wildman–Crippen MR) is 45.6 cm³/mol. The smallest absolute Gasteiger partial charge is 0.303 e. The maximum absolute atomic E-state index is 10.1. The molecule has 0 spiro atoms. The van der Waals surface area contributed by atoms with Crippen molar-refractivity contribution < 1.29 is 24.5 Å². The lowest BCUT2D eigenvalue weighted by Gasteiger charge is -2.03. The highest BCUT2D eigenvalue weighted by Crippen LogP contribution is 1.89. The average molecular weight is 192 g/mol. The number of carbonyl (C=O) groups is 1. The second-order valence-corrected chi connectivity index (χ2v) is 2.45. The summed E-state index contributed by atoms with van der Waals surface area (Å²) in [7, 11) is 0. The fourth-order valence-corrected chi connectivity index (χ4v) is 0.712. The van der Waals surface area contributed by atoms with Crippen molar-refractivity contribution in [1.82, 2.24) is 0 Å². The Kier molecular flexibility index (Phi) is 8.97. The molecular weight excluding hydrogens is 176 g/mol. The van der Waals surface area contributed by atoms with Crippen LogP contribution >= 0.6 is 0 Å². The molecule has 5 heteroatoms. The number of carboxylic acid groups (broad SMARTS) is 1. The van der Waals surface area contributed by atoms with Crippen LogP contribution in [0.25, 0.3) is 0 Å². The first-order valence-electron chi connectivity index (χ1n) is 4.25. The van der Waals surface area contributed by atoms with Crippen LogP contribution in [0.4, 0.5) is 0 Å². The zero-order valence-electron chi connectivity index (χ0n) is 7.57. The van der Waals surface area contributed by atoms with Crippen LogP contribution in [0.1, 0.15) is 12.8 Å². The average Bonchev–Trinajstić information content (AvgIpc) is 2.09. The Morgan fingerprint density at radius 2 is 1.69 bits per heavy atom. The second-order valence-electron chi connectivity index (χ2n) is 2.45. The van der Waals surface area contributed by atoms with Crippen LogP contribution in [-0.4, -0.2) is 49.2 Å². The van der Waals surface area contributed by atoms with Gasteiger partial charge in [0.1, 0.15) is 0 Å². The Morgan fingerprint density at radius 1 is 1.08 bits per heavy atom. The van der Waals surface area contributed by atoms with Crippen molar-refractivity contribution in [3.63, 3.8) is 0 Å². The second kappa shape index (κ2) is 9.44. The van der Waals surface area contributed by atoms with E-state index >= 15 is 0 Å². The molecule has 0 aromatic carbocycles. The van der Waals surface area contributed by atoms with Gasteiger partial charge in [-0.05, 0) is 6.42 Å². The minimum absolute atomic E-state index is 0.0129. The van der Waals surface area contributed by atoms with E-state index in [0.29, 0.717) is 32.8 Å². The van der Waals surface area contributed by atoms with Gasteiger partial charge in [0.25, 0.3) is 0 Å². The van der Waals surface area contributed by atoms with Gasteiger partial charge in [-0.25, -0.2) is 0 Å². The van der Waals surface area contributed by atoms with Crippen LogP contribution < -0.4 is 0 Å². The van der Waals surface area contributed by atoms with Crippen LogP contribution in [0.2, 0.25) is 0 Å². The van der Waals surface area contributed by atoms with E-state index in [4.69, 9.17) is 19.7 Å². The van der Waals surface area contributed by atoms with Gasteiger partial charge in [0, 0.05) is 13.0 Å². The Morgan fingerprint density at radius 3 is 2.23 bits per heavy atom. The third kappa shape index (κ3) is 11.3. The third-order valence-electron chi connectivity index (χ3n) is 1.29. The zero-order chi connectivity index (χ0) is 9.94. The molecule has 0 aromatic rings. The molecule has 0 fully saturated rings. The Balaban J connectivity index is 2.87. The van der Waals surface area contributed by atoms with E-state index in [9.17, 15) is 4.79 Å². The highest BCUT2D eigenvalue weighted by molar-refractivity contribution is 5.66. The molecule has 0 saturated carbocycles. The summed E-state index contributed by atoms with van der Waals surface area (Å²) >= 11 is 0. The van der Waals surface area contributed by atoms with Crippen LogP contribution in [0.5, 0.6) is 0 Å². The SMILES string of the molecule is O=C(O)CCCOCCOCCO. The van der Waals surface area contributed by atoms with Gasteiger partial charge < -0.3 is 19.7 Å². The van der Waals surface area contributed by atoms with Crippen molar-refractivity contribution in [2.24, 2.45) is 0 Å². The first-order chi connectivity index (χ1) is 6.27. The number of hydrogen-bond acceptors (Lipinski definition) is 4. The van der Waals surface area contributed by atoms with E-state index in [0.717, 1.165) is 0 Å². The van der Waals surface area contributed by atoms with Gasteiger partial charge in [0.15, 0.2) is 0 Å². The lowest BCUT2D eigenvalue weighted by molar-refractivity contribution is -0.137. The summed E-state index contributed by atoms with van der Waals surface area (Å²) in [5.74, 6) is -0.805. The standard InChI is InChI=1S/C8H16O5/c9-3-5-13-7-6-12-4-1-2-8(10)11/h9H,1-7H2,(H,10,11). The van der Waals surface area contributed by atoms with Crippen molar-refractivity contribution >= 4 is 5.97 Å². The molecule has 2 N–H and O–H groups in total. The fraction of sp³-hybridized carbons (Fsp3) is 0.875. The molecule has 0 aliphatic carbocycles. The number of ether oxygens (including phenoxy) is 2. The van der Waals surface area contributed by atoms with Crippen molar-refractivity contribution in [3.05, 3.63) is 0 Å². The van der Waals surface area contributed by atoms with Gasteiger partial charge in [0.05, 0.1) is 26.4 Å². The fourth-order valence-electron chi connectivity index (χ4n) is 0.712. The summed E-state index contributed by atoms with van der Waals surface area (Å²) in [5, 5.41) is 16.6. The largest absolute Gasteiger partial charge is 0.481 e. The molecule has 0 rings (SSSR count). The van der Waals surface area contributed by atoms with E-state index in [2.05, 4.69) is 0 Å². The quantitative estimate of drug-likeness (QED) is 0.498. The maximum atomic E-state index is 10.1. The van der Waals surface area contributed by atoms with E-state index in [1.807, 2.05) is 0 Å². The third-order valence-corrected chi connectivity index (χ3v) is 1.29. The molecule has 0 aromatic heterocycles. The predicted octanol–water partition coefficient (Wildman–Crippen LogP) is -0.123. The Bertz CT molecular complexity index is 126. The molecule has 5 nitrogen and oxygen atoms in total. The molecule has 0 aliphatic heterocycles. The van der Waals surface area contributed by atoms with Gasteiger partial charge >= 0.3 is 5.97 Å². The highest BCUT2D eigenvalue weighted by atomic mass is 16.5. The number of hydrogen-bond donors (Lipinski definition) is 2. The first kappa shape index (κ1) is 12.3. The monoisotopic (exact) mass is 192 g/mol. The maximum Gasteiger partial charge on any atom is 0.303 e. The molecule has 0 atom stereocenters. The van der Waals surface area contributed by atoms with E-state index in [1.165, 1.54) is 0 Å². The van der Waals surface area contributed by atoms with Gasteiger partial charge in [-0.15, -0.1) is 0 Å². The van der Waals surface area contributed by atoms with Crippen molar-refractivity contribution in [3.8, 4) is 0 Å². The topological polar surface area (TPSA) is 76.0 Å². The lowest BCUT2D eigenvalue weighted by atomic mass is 10.3. The molecule has 0 saturated heterocycles. The minimum Gasteiger partial charge on any atom is -0.481 e. The lowest BCUT2D eigenvalue weighted by Crippen LogP contribution is -2.08. The van der Waals surface area contributed by atoms with Crippen LogP contribution in [0.15, 0.2) is 0 Å². The molecular formula is C8H16O5. The van der Waals surface area contributed by atoms with Crippen LogP contribution in [0.3, 0.4) is 0 Å². The van der Waals surface area contributed by atoms with Crippen molar-refractivity contribution in [2.45, 2.75) is 12.8 Å². The molecule has 0 bridgehead atoms. The Labute approximate surface area is 77.3 Å². The van der Waals surface area contributed by atoms with Crippen LogP contribution in [0, 0.1) is 0 Å². The van der Waals surface area contributed by atoms with Gasteiger partial charge in [0.2, 0.25) is 0 Å². The highest BCUT2D eigenvalue weighted by Gasteiger charge is 1.95. The number of aliphatic hydroxyl groups excluding tert-OH is 1. The van der Waals surface area contributed by atoms with Gasteiger partial charge in [-0.2, -0.15) is 0 Å². The van der Waals surface area contributed by atoms with Crippen LogP contribution in [-0.2, 0) is 14.3 Å². The molecule has 0 unspecified atom stereocenters. The number of rotatable bonds is 9. The number of aliphatic hydroxyl groups is 1. The Hall–Kier alpha value is -0.650. The minimum atomic E-state index is -0.805. The normalized spacial score (nSPS) is 10.2. The first-order valence-corrected chi connectivity index (χ1v) is 4.25. The molecule has 78 valence electrons. The molecule has 0 aliphatic rings. The van der Waals surface area contributed by atoms with Gasteiger partial charge in [-0.3, -0.25) is 4.79 Å². The van der Waals surface area contributed by atoms with E-state index in [1.54, 1.807) is 0 Å². The van der Waals surface area contributed by atoms with Crippen molar-refractivity contribution in [1.29, 1.82) is 0 Å². The summed E-state index contributed by atoms with van der Waals surface area (Å²) in [4.78, 5) is 10.1. The van der Waals surface area contributed by atoms with Crippen molar-refractivity contribution in [2.75, 3.05) is 33.0 Å². The number of aliphatic carboxylic acids is 1. The van der Waals surface area contributed by atoms with E-state index < -0.39 is 5.97 Å². The summed E-state index contributed by atoms with van der Waals surface area (Å²) < 4.78 is 9.98. The van der Waals surface area contributed by atoms with Gasteiger partial charge in [-0.1, -0.05) is 0 Å². The molecule has 13 heavy (non-hydrogen) atoms. The summed E-state index contributed by atoms with van der Waals surface area (Å²) in [5.41, 5.74) is 0. The molecule has 0 heterocycles. The summed E-state index contributed by atoms with van der Waals surface area (Å²) in [6.07, 6.45) is 0.660. The summed E-state index contributed by atoms with van der Waals surface area (Å²) in [6, 6.07) is 0. The summed E-state index contributed by atoms with van der Waals surface area (Å²) in [6.45, 7) is 1.65. The zero-order valence-corrected chi connectivity index (χ0v) is 7.57. The molecule has 0 amide bonds. The van der Waals surface area contributed by atoms with E-state index in [-0.39, 0.29) is 13.0 Å². The molecule has 0 radical (unpaired) electrons. The number of carboxylic acids is 1.